The highest BCUT2D eigenvalue weighted by atomic mass is 32.2. The highest BCUT2D eigenvalue weighted by molar-refractivity contribution is 7.89. The first-order chi connectivity index (χ1) is 11.9. The van der Waals surface area contributed by atoms with Crippen LogP contribution in [0.2, 0.25) is 0 Å². The van der Waals surface area contributed by atoms with Gasteiger partial charge in [-0.1, -0.05) is 6.42 Å². The minimum absolute atomic E-state index is 0.0989. The Morgan fingerprint density at radius 2 is 1.84 bits per heavy atom. The van der Waals surface area contributed by atoms with Gasteiger partial charge in [0.05, 0.1) is 11.5 Å². The largest absolute Gasteiger partial charge is 0.484 e. The summed E-state index contributed by atoms with van der Waals surface area (Å²) in [4.78, 5) is 12.0. The van der Waals surface area contributed by atoms with Crippen molar-refractivity contribution in [2.45, 2.75) is 37.1 Å². The lowest BCUT2D eigenvalue weighted by atomic mass is 10.2. The van der Waals surface area contributed by atoms with Gasteiger partial charge in [-0.05, 0) is 44.0 Å². The van der Waals surface area contributed by atoms with Gasteiger partial charge in [-0.15, -0.1) is 0 Å². The van der Waals surface area contributed by atoms with Crippen LogP contribution in [-0.2, 0) is 19.6 Å². The van der Waals surface area contributed by atoms with Crippen LogP contribution >= 0.6 is 0 Å². The second-order valence-corrected chi connectivity index (χ2v) is 8.09. The summed E-state index contributed by atoms with van der Waals surface area (Å²) < 4.78 is 37.0. The average molecular weight is 370 g/mol. The molecule has 140 valence electrons. The van der Waals surface area contributed by atoms with Crippen LogP contribution < -0.4 is 10.1 Å². The molecule has 1 aromatic carbocycles. The van der Waals surface area contributed by atoms with Gasteiger partial charge in [-0.2, -0.15) is 4.31 Å². The molecule has 0 spiro atoms. The zero-order chi connectivity index (χ0) is 18.3. The van der Waals surface area contributed by atoms with Gasteiger partial charge in [0.2, 0.25) is 10.0 Å². The molecule has 1 fully saturated rings. The molecule has 1 saturated heterocycles. The summed E-state index contributed by atoms with van der Waals surface area (Å²) >= 11 is 0. The third-order valence-corrected chi connectivity index (χ3v) is 5.88. The van der Waals surface area contributed by atoms with Gasteiger partial charge in [-0.3, -0.25) is 4.79 Å². The molecule has 2 rings (SSSR count). The third-order valence-electron chi connectivity index (χ3n) is 3.97. The van der Waals surface area contributed by atoms with Gasteiger partial charge in [-0.25, -0.2) is 8.42 Å². The van der Waals surface area contributed by atoms with E-state index in [2.05, 4.69) is 5.32 Å². The summed E-state index contributed by atoms with van der Waals surface area (Å²) in [6, 6.07) is 6.08. The van der Waals surface area contributed by atoms with Gasteiger partial charge in [0, 0.05) is 26.2 Å². The second-order valence-electron chi connectivity index (χ2n) is 6.15. The molecular formula is C17H26N2O5S. The smallest absolute Gasteiger partial charge is 0.258 e. The molecular weight excluding hydrogens is 344 g/mol. The van der Waals surface area contributed by atoms with E-state index in [1.807, 2.05) is 6.92 Å². The molecule has 8 heteroatoms. The van der Waals surface area contributed by atoms with Crippen LogP contribution in [0, 0.1) is 0 Å². The topological polar surface area (TPSA) is 84.9 Å². The van der Waals surface area contributed by atoms with E-state index in [0.29, 0.717) is 25.4 Å². The number of rotatable bonds is 8. The SMILES string of the molecule is COC[C@H](C)NC(=O)COc1ccc(S(=O)(=O)N2CCCCC2)cc1. The summed E-state index contributed by atoms with van der Waals surface area (Å²) in [6.07, 6.45) is 2.87. The van der Waals surface area contributed by atoms with Gasteiger partial charge in [0.1, 0.15) is 5.75 Å². The van der Waals surface area contributed by atoms with Crippen molar-refractivity contribution in [2.24, 2.45) is 0 Å². The molecule has 0 aromatic heterocycles. The van der Waals surface area contributed by atoms with Crippen molar-refractivity contribution in [1.29, 1.82) is 0 Å². The number of hydrogen-bond acceptors (Lipinski definition) is 5. The maximum atomic E-state index is 12.6. The number of benzene rings is 1. The highest BCUT2D eigenvalue weighted by Crippen LogP contribution is 2.22. The Morgan fingerprint density at radius 3 is 2.44 bits per heavy atom. The molecule has 0 bridgehead atoms. The fourth-order valence-corrected chi connectivity index (χ4v) is 4.24. The molecule has 0 unspecified atom stereocenters. The van der Waals surface area contributed by atoms with Gasteiger partial charge >= 0.3 is 0 Å². The van der Waals surface area contributed by atoms with Crippen LogP contribution in [-0.4, -0.2) is 58.1 Å². The number of methoxy groups -OCH3 is 1. The lowest BCUT2D eigenvalue weighted by Gasteiger charge is -2.25. The Kier molecular flexibility index (Phi) is 7.22. The van der Waals surface area contributed by atoms with Gasteiger partial charge in [0.25, 0.3) is 5.91 Å². The molecule has 1 aliphatic rings. The van der Waals surface area contributed by atoms with Crippen LogP contribution in [0.3, 0.4) is 0 Å². The zero-order valence-corrected chi connectivity index (χ0v) is 15.5. The number of hydrogen-bond donors (Lipinski definition) is 1. The second kappa shape index (κ2) is 9.17. The lowest BCUT2D eigenvalue weighted by Crippen LogP contribution is -2.38. The molecule has 25 heavy (non-hydrogen) atoms. The molecule has 0 saturated carbocycles. The van der Waals surface area contributed by atoms with E-state index in [1.54, 1.807) is 19.2 Å². The quantitative estimate of drug-likeness (QED) is 0.747. The molecule has 1 amide bonds. The van der Waals surface area contributed by atoms with E-state index >= 15 is 0 Å². The van der Waals surface area contributed by atoms with Crippen molar-refractivity contribution >= 4 is 15.9 Å². The summed E-state index contributed by atoms with van der Waals surface area (Å²) in [7, 11) is -1.88. The third kappa shape index (κ3) is 5.69. The molecule has 7 nitrogen and oxygen atoms in total. The van der Waals surface area contributed by atoms with Gasteiger partial charge < -0.3 is 14.8 Å². The highest BCUT2D eigenvalue weighted by Gasteiger charge is 2.25. The van der Waals surface area contributed by atoms with Crippen molar-refractivity contribution in [1.82, 2.24) is 9.62 Å². The first kappa shape index (κ1) is 19.7. The molecule has 0 radical (unpaired) electrons. The van der Waals surface area contributed by atoms with Crippen LogP contribution in [0.4, 0.5) is 0 Å². The van der Waals surface area contributed by atoms with Gasteiger partial charge in [0.15, 0.2) is 6.61 Å². The molecule has 1 aromatic rings. The number of carbonyl (C=O) groups is 1. The predicted molar refractivity (Wildman–Crippen MR) is 94.0 cm³/mol. The number of nitrogens with one attached hydrogen (secondary N) is 1. The lowest BCUT2D eigenvalue weighted by molar-refractivity contribution is -0.124. The normalized spacial score (nSPS) is 17.0. The van der Waals surface area contributed by atoms with Crippen molar-refractivity contribution in [3.63, 3.8) is 0 Å². The first-order valence-electron chi connectivity index (χ1n) is 8.45. The average Bonchev–Trinajstić information content (AvgIpc) is 2.61. The first-order valence-corrected chi connectivity index (χ1v) is 9.89. The van der Waals surface area contributed by atoms with E-state index < -0.39 is 10.0 Å². The zero-order valence-electron chi connectivity index (χ0n) is 14.7. The minimum atomic E-state index is -3.45. The van der Waals surface area contributed by atoms with Crippen LogP contribution in [0.5, 0.6) is 5.75 Å². The monoisotopic (exact) mass is 370 g/mol. The standard InChI is InChI=1S/C17H26N2O5S/c1-14(12-23-2)18-17(20)13-24-15-6-8-16(9-7-15)25(21,22)19-10-4-3-5-11-19/h6-9,14H,3-5,10-13H2,1-2H3,(H,18,20)/t14-/m0/s1. The van der Waals surface area contributed by atoms with Crippen LogP contribution in [0.1, 0.15) is 26.2 Å². The number of piperidine rings is 1. The maximum Gasteiger partial charge on any atom is 0.258 e. The fraction of sp³-hybridized carbons (Fsp3) is 0.588. The maximum absolute atomic E-state index is 12.6. The Labute approximate surface area is 149 Å². The summed E-state index contributed by atoms with van der Waals surface area (Å²) in [5, 5.41) is 2.74. The number of ether oxygens (including phenoxy) is 2. The van der Waals surface area contributed by atoms with Crippen molar-refractivity contribution in [3.05, 3.63) is 24.3 Å². The van der Waals surface area contributed by atoms with E-state index in [9.17, 15) is 13.2 Å². The summed E-state index contributed by atoms with van der Waals surface area (Å²) in [6.45, 7) is 3.27. The van der Waals surface area contributed by atoms with Crippen LogP contribution in [0.15, 0.2) is 29.2 Å². The van der Waals surface area contributed by atoms with E-state index in [4.69, 9.17) is 9.47 Å². The van der Waals surface area contributed by atoms with Crippen molar-refractivity contribution in [3.8, 4) is 5.75 Å². The number of carbonyl (C=O) groups excluding carboxylic acids is 1. The molecule has 1 aliphatic heterocycles. The van der Waals surface area contributed by atoms with Crippen molar-refractivity contribution < 1.29 is 22.7 Å². The van der Waals surface area contributed by atoms with E-state index in [-0.39, 0.29) is 23.5 Å². The van der Waals surface area contributed by atoms with E-state index in [0.717, 1.165) is 19.3 Å². The van der Waals surface area contributed by atoms with Crippen molar-refractivity contribution in [2.75, 3.05) is 33.4 Å². The molecule has 1 atom stereocenters. The Bertz CT molecular complexity index is 654. The molecule has 1 heterocycles. The minimum Gasteiger partial charge on any atom is -0.484 e. The molecule has 0 aliphatic carbocycles. The summed E-state index contributed by atoms with van der Waals surface area (Å²) in [5.41, 5.74) is 0. The Balaban J connectivity index is 1.90. The Hall–Kier alpha value is -1.64. The summed E-state index contributed by atoms with van der Waals surface area (Å²) in [5.74, 6) is 0.196. The fourth-order valence-electron chi connectivity index (χ4n) is 2.72. The van der Waals surface area contributed by atoms with E-state index in [1.165, 1.54) is 16.4 Å². The predicted octanol–water partition coefficient (Wildman–Crippen LogP) is 1.39. The number of sulfonamides is 1. The number of nitrogens with zero attached hydrogens (tertiary/aromatic N) is 1. The number of amides is 1. The molecule has 1 N–H and O–H groups in total. The van der Waals surface area contributed by atoms with Crippen LogP contribution in [0.25, 0.3) is 0 Å². The Morgan fingerprint density at radius 1 is 1.20 bits per heavy atom.